The van der Waals surface area contributed by atoms with Crippen molar-refractivity contribution in [2.75, 3.05) is 0 Å². The van der Waals surface area contributed by atoms with Crippen molar-refractivity contribution in [1.29, 1.82) is 0 Å². The number of nitrogens with one attached hydrogen (secondary N) is 1. The Morgan fingerprint density at radius 3 is 1.16 bits per heavy atom. The van der Waals surface area contributed by atoms with Gasteiger partial charge in [-0.15, -0.1) is 0 Å². The van der Waals surface area contributed by atoms with Crippen molar-refractivity contribution in [3.8, 4) is 0 Å². The van der Waals surface area contributed by atoms with E-state index in [0.717, 1.165) is 11.1 Å². The molecule has 0 aliphatic rings. The van der Waals surface area contributed by atoms with Crippen LogP contribution < -0.4 is 45.2 Å². The van der Waals surface area contributed by atoms with Crippen molar-refractivity contribution in [2.45, 2.75) is 170 Å². The third kappa shape index (κ3) is 25.2. The molecule has 405 valence electrons. The fraction of sp³-hybridized carbons (Fsp3) is 0.500. The van der Waals surface area contributed by atoms with Crippen LogP contribution >= 0.6 is 0 Å². The summed E-state index contributed by atoms with van der Waals surface area (Å²) < 4.78 is 141. The molecule has 0 unspecified atom stereocenters. The van der Waals surface area contributed by atoms with Gasteiger partial charge in [0, 0.05) is 48.3 Å². The Bertz CT molecular complexity index is 2440. The normalized spacial score (nSPS) is 13.8. The van der Waals surface area contributed by atoms with E-state index in [4.69, 9.17) is 10.9 Å². The summed E-state index contributed by atoms with van der Waals surface area (Å²) in [6.07, 6.45) is -9.93. The number of alkyl halides is 8. The fourth-order valence-corrected chi connectivity index (χ4v) is 7.47. The molecule has 0 bridgehead atoms. The zero-order chi connectivity index (χ0) is 55.7. The molecule has 4 aromatic carbocycles. The average Bonchev–Trinajstić information content (AvgIpc) is 3.23. The Morgan fingerprint density at radius 2 is 0.849 bits per heavy atom. The number of nitrogens with two attached hydrogens (primary N) is 2. The van der Waals surface area contributed by atoms with E-state index in [-0.39, 0.29) is 89.0 Å². The van der Waals surface area contributed by atoms with Crippen LogP contribution in [0, 0.1) is 27.7 Å². The molecule has 5 N–H and O–H groups in total. The molecule has 73 heavy (non-hydrogen) atoms. The summed E-state index contributed by atoms with van der Waals surface area (Å²) in [6, 6.07) is 18.3. The number of nitrogens with zero attached hydrogens (tertiary/aromatic N) is 1. The minimum absolute atomic E-state index is 0. The smallest absolute Gasteiger partial charge is 1.00 e. The van der Waals surface area contributed by atoms with Gasteiger partial charge in [-0.3, -0.25) is 9.93 Å². The molecule has 8 nitrogen and oxygen atoms in total. The predicted octanol–water partition coefficient (Wildman–Crippen LogP) is 11.5. The van der Waals surface area contributed by atoms with Crippen molar-refractivity contribution in [3.05, 3.63) is 140 Å². The maximum atomic E-state index is 12.8. The topological polar surface area (TPSA) is 145 Å². The number of ketones is 1. The molecule has 0 fully saturated rings. The number of Topliss-reactive ketones (excluding diaryl/α,β-unsaturated/α-hetero) is 1. The summed E-state index contributed by atoms with van der Waals surface area (Å²) in [4.78, 5) is 11.0. The second kappa shape index (κ2) is 33.3. The van der Waals surface area contributed by atoms with Gasteiger partial charge in [0.25, 0.3) is 25.7 Å². The molecular formula is C52H75BF8N4NaO4S3. The Kier molecular flexibility index (Phi) is 33.9. The number of carbonyl (C=O) groups is 1. The molecule has 5 atom stereocenters. The Hall–Kier alpha value is -2.95. The maximum Gasteiger partial charge on any atom is 1.00 e. The largest absolute Gasteiger partial charge is 1.00 e. The van der Waals surface area contributed by atoms with Crippen molar-refractivity contribution in [1.82, 2.24) is 4.72 Å². The zero-order valence-electron chi connectivity index (χ0n) is 46.5. The number of carbonyl (C=O) groups excluding carboxylic acids is 1. The number of hydrogen-bond acceptors (Lipinski definition) is 5. The summed E-state index contributed by atoms with van der Waals surface area (Å²) in [5.41, 5.74) is 10.8. The van der Waals surface area contributed by atoms with Crippen LogP contribution in [0.3, 0.4) is 0 Å². The van der Waals surface area contributed by atoms with Crippen LogP contribution in [-0.4, -0.2) is 46.8 Å². The monoisotopic (exact) mass is 1100 g/mol. The molecule has 0 aromatic heterocycles. The molecule has 3 radical (unpaired) electrons. The van der Waals surface area contributed by atoms with Crippen LogP contribution in [0.1, 0.15) is 201 Å². The van der Waals surface area contributed by atoms with Crippen LogP contribution in [0.4, 0.5) is 35.1 Å². The van der Waals surface area contributed by atoms with E-state index in [1.165, 1.54) is 44.2 Å². The Morgan fingerprint density at radius 1 is 0.548 bits per heavy atom. The van der Waals surface area contributed by atoms with Gasteiger partial charge in [0.05, 0.1) is 41.9 Å². The van der Waals surface area contributed by atoms with Gasteiger partial charge in [0.2, 0.25) is 0 Å². The van der Waals surface area contributed by atoms with Crippen LogP contribution in [0.15, 0.2) is 77.2 Å². The van der Waals surface area contributed by atoms with E-state index in [2.05, 4.69) is 9.12 Å². The van der Waals surface area contributed by atoms with Crippen molar-refractivity contribution in [3.63, 3.8) is 0 Å². The molecule has 0 aliphatic carbocycles. The van der Waals surface area contributed by atoms with Crippen LogP contribution in [0.5, 0.6) is 0 Å². The second-order valence-electron chi connectivity index (χ2n) is 19.4. The average molecular weight is 1100 g/mol. The molecule has 0 amide bonds. The minimum Gasteiger partial charge on any atom is -1.00 e. The number of benzene rings is 4. The van der Waals surface area contributed by atoms with E-state index in [1.807, 2.05) is 69.2 Å². The van der Waals surface area contributed by atoms with Crippen molar-refractivity contribution >= 4 is 52.9 Å². The molecule has 4 aromatic rings. The number of halogens is 8. The molecule has 0 saturated carbocycles. The summed E-state index contributed by atoms with van der Waals surface area (Å²) in [5, 5.41) is 5.04. The first-order valence-electron chi connectivity index (χ1n) is 22.4. The van der Waals surface area contributed by atoms with Crippen LogP contribution in [0.25, 0.3) is 0 Å². The molecular weight excluding hydrogens is 1030 g/mol. The van der Waals surface area contributed by atoms with Crippen molar-refractivity contribution in [2.24, 2.45) is 15.3 Å². The van der Waals surface area contributed by atoms with E-state index in [0.29, 0.717) is 39.1 Å². The number of hydrogen-bond donors (Lipinski definition) is 3. The molecule has 0 spiro atoms. The summed E-state index contributed by atoms with van der Waals surface area (Å²) in [5.74, 6) is -0.181. The third-order valence-electron chi connectivity index (χ3n) is 10.4. The quantitative estimate of drug-likeness (QED) is 0.0593. The van der Waals surface area contributed by atoms with E-state index < -0.39 is 63.4 Å². The molecule has 0 heterocycles. The van der Waals surface area contributed by atoms with Gasteiger partial charge in [-0.1, -0.05) is 72.8 Å². The van der Waals surface area contributed by atoms with Crippen molar-refractivity contribution < 1.29 is 83.5 Å². The second-order valence-corrected chi connectivity index (χ2v) is 25.1. The minimum atomic E-state index is -2.51. The van der Waals surface area contributed by atoms with E-state index in [1.54, 1.807) is 77.1 Å². The summed E-state index contributed by atoms with van der Waals surface area (Å²) >= 11 is 0. The first-order valence-corrected chi connectivity index (χ1v) is 25.9. The number of rotatable bonds is 11. The summed E-state index contributed by atoms with van der Waals surface area (Å²) in [6.45, 7) is 29.8. The third-order valence-corrected chi connectivity index (χ3v) is 14.8. The van der Waals surface area contributed by atoms with Gasteiger partial charge in [-0.2, -0.15) is 4.40 Å². The van der Waals surface area contributed by atoms with Gasteiger partial charge in [-0.05, 0) is 157 Å². The molecule has 0 aliphatic heterocycles. The van der Waals surface area contributed by atoms with Gasteiger partial charge >= 0.3 is 29.6 Å². The van der Waals surface area contributed by atoms with E-state index >= 15 is 0 Å². The molecule has 4 rings (SSSR count). The maximum absolute atomic E-state index is 12.8. The summed E-state index contributed by atoms with van der Waals surface area (Å²) in [7, 11) is -3.81. The zero-order valence-corrected chi connectivity index (χ0v) is 49.9. The van der Waals surface area contributed by atoms with Gasteiger partial charge < -0.3 is 7.16 Å². The van der Waals surface area contributed by atoms with Crippen LogP contribution in [-0.2, 0) is 33.0 Å². The SMILES string of the molecule is CC(=N[S@](=O)C(C)(C)C)c1cccc(C(F)F)c1C.CC(=O)c1cccc(C(F)F)c1C.CC(C)(C)[S@@](N)=O.Cc1c(C(F)F)cccc1[C@@H](C)N.Cc1c(C(F)F)cccc1[C@@H](C)N[S@](=O)C(C)(C)C.[B].[H-].[Na+]. The Labute approximate surface area is 462 Å². The van der Waals surface area contributed by atoms with E-state index in [9.17, 15) is 52.5 Å². The standard InChI is InChI=1S/C14H21F2NOS.C14H19F2NOS.C10H13F2N.C10H10F2O.C4H11NOS.B.Na.H/c2*1-9-11(7-6-8-12(9)13(15)16)10(2)17-19(18)14(3,4)5;2*1-6-8(7(2)13)4-3-5-9(6)10(11)12;1-4(2,3)7(5)6;;;/h6-8,10,13,17H,1-5H3;6-8,13H,1-5H3;3-5,7,10H,13H2,1-2H3;3-5,10H,1-2H3;5H2,1-3H3;;;/q;;;;;;+1;-1/t10-,19-;19-;7-;;7-;;;/m111.0.../s1. The van der Waals surface area contributed by atoms with Gasteiger partial charge in [0.15, 0.2) is 5.78 Å². The van der Waals surface area contributed by atoms with Crippen LogP contribution in [0.2, 0.25) is 0 Å². The molecule has 21 heteroatoms. The fourth-order valence-electron chi connectivity index (χ4n) is 6.04. The first-order chi connectivity index (χ1) is 32.3. The predicted molar refractivity (Wildman–Crippen MR) is 286 cm³/mol. The first kappa shape index (κ1) is 74.3. The Balaban J connectivity index is -0.000000422. The molecule has 0 saturated heterocycles. The van der Waals surface area contributed by atoms with Gasteiger partial charge in [-0.25, -0.2) is 52.5 Å². The van der Waals surface area contributed by atoms with Gasteiger partial charge in [0.1, 0.15) is 11.0 Å².